The summed E-state index contributed by atoms with van der Waals surface area (Å²) < 4.78 is 6.30. The molecule has 1 amide bonds. The second-order valence-electron chi connectivity index (χ2n) is 4.48. The number of rotatable bonds is 5. The molecule has 0 bridgehead atoms. The van der Waals surface area contributed by atoms with Crippen LogP contribution in [0, 0.1) is 10.1 Å². The number of amides is 1. The number of hydrogen-bond acceptors (Lipinski definition) is 4. The van der Waals surface area contributed by atoms with Crippen molar-refractivity contribution in [1.82, 2.24) is 0 Å². The molecule has 0 aromatic heterocycles. The van der Waals surface area contributed by atoms with Crippen LogP contribution >= 0.6 is 15.9 Å². The number of carbonyl (C=O) groups is 1. The summed E-state index contributed by atoms with van der Waals surface area (Å²) in [5, 5.41) is 13.6. The van der Waals surface area contributed by atoms with Gasteiger partial charge in [0.25, 0.3) is 5.91 Å². The highest BCUT2D eigenvalue weighted by Crippen LogP contribution is 2.27. The molecule has 0 aliphatic heterocycles. The summed E-state index contributed by atoms with van der Waals surface area (Å²) in [4.78, 5) is 22.4. The van der Waals surface area contributed by atoms with Crippen molar-refractivity contribution in [1.29, 1.82) is 0 Å². The number of halogens is 1. The predicted molar refractivity (Wildman–Crippen MR) is 86.0 cm³/mol. The Morgan fingerprint density at radius 2 is 1.86 bits per heavy atom. The van der Waals surface area contributed by atoms with Crippen LogP contribution in [0.2, 0.25) is 0 Å². The number of para-hydroxylation sites is 2. The highest BCUT2D eigenvalue weighted by atomic mass is 79.9. The highest BCUT2D eigenvalue weighted by Gasteiger charge is 2.20. The molecule has 1 N–H and O–H groups in total. The van der Waals surface area contributed by atoms with E-state index in [0.29, 0.717) is 5.69 Å². The first-order valence-corrected chi connectivity index (χ1v) is 7.23. The van der Waals surface area contributed by atoms with Gasteiger partial charge in [0.2, 0.25) is 0 Å². The smallest absolute Gasteiger partial charge is 0.310 e. The van der Waals surface area contributed by atoms with Crippen LogP contribution in [0.3, 0.4) is 0 Å². The lowest BCUT2D eigenvalue weighted by atomic mass is 10.2. The normalized spacial score (nSPS) is 11.5. The summed E-state index contributed by atoms with van der Waals surface area (Å²) in [6.07, 6.45) is -0.871. The lowest BCUT2D eigenvalue weighted by Gasteiger charge is -2.14. The van der Waals surface area contributed by atoms with Gasteiger partial charge >= 0.3 is 5.69 Å². The summed E-state index contributed by atoms with van der Waals surface area (Å²) in [7, 11) is 0. The fourth-order valence-electron chi connectivity index (χ4n) is 1.73. The molecular weight excluding hydrogens is 352 g/mol. The Kier molecular flexibility index (Phi) is 5.11. The summed E-state index contributed by atoms with van der Waals surface area (Å²) in [5.74, 6) is -0.327. The van der Waals surface area contributed by atoms with Crippen LogP contribution < -0.4 is 10.1 Å². The molecule has 0 radical (unpaired) electrons. The maximum atomic E-state index is 12.1. The van der Waals surface area contributed by atoms with Crippen molar-refractivity contribution in [3.8, 4) is 5.75 Å². The molecule has 1 atom stereocenters. The molecule has 22 heavy (non-hydrogen) atoms. The number of anilines is 1. The molecule has 0 heterocycles. The third kappa shape index (κ3) is 4.05. The van der Waals surface area contributed by atoms with E-state index in [1.807, 2.05) is 0 Å². The molecule has 0 unspecified atom stereocenters. The molecule has 2 aromatic carbocycles. The van der Waals surface area contributed by atoms with E-state index in [0.717, 1.165) is 4.47 Å². The van der Waals surface area contributed by atoms with Gasteiger partial charge in [0.15, 0.2) is 11.9 Å². The monoisotopic (exact) mass is 364 g/mol. The largest absolute Gasteiger partial charge is 0.474 e. The predicted octanol–water partition coefficient (Wildman–Crippen LogP) is 3.76. The second-order valence-corrected chi connectivity index (χ2v) is 5.40. The molecule has 0 saturated heterocycles. The van der Waals surface area contributed by atoms with Gasteiger partial charge in [-0.25, -0.2) is 0 Å². The zero-order valence-corrected chi connectivity index (χ0v) is 13.2. The fraction of sp³-hybridized carbons (Fsp3) is 0.133. The van der Waals surface area contributed by atoms with Gasteiger partial charge in [-0.1, -0.05) is 28.1 Å². The number of ether oxygens (including phenoxy) is 1. The van der Waals surface area contributed by atoms with Crippen molar-refractivity contribution in [2.45, 2.75) is 13.0 Å². The van der Waals surface area contributed by atoms with Gasteiger partial charge in [0.05, 0.1) is 4.92 Å². The van der Waals surface area contributed by atoms with Crippen LogP contribution in [-0.4, -0.2) is 16.9 Å². The zero-order valence-electron chi connectivity index (χ0n) is 11.7. The molecule has 0 spiro atoms. The van der Waals surface area contributed by atoms with E-state index in [-0.39, 0.29) is 17.3 Å². The van der Waals surface area contributed by atoms with Crippen LogP contribution in [0.25, 0.3) is 0 Å². The van der Waals surface area contributed by atoms with E-state index in [1.165, 1.54) is 25.1 Å². The summed E-state index contributed by atoms with van der Waals surface area (Å²) in [6, 6.07) is 13.0. The first-order chi connectivity index (χ1) is 10.5. The second kappa shape index (κ2) is 7.04. The minimum atomic E-state index is -0.871. The van der Waals surface area contributed by atoms with E-state index >= 15 is 0 Å². The molecule has 114 valence electrons. The SMILES string of the molecule is C[C@H](Oc1ccccc1[N+](=O)[O-])C(=O)Nc1ccc(Br)cc1. The van der Waals surface area contributed by atoms with E-state index in [4.69, 9.17) is 4.74 Å². The van der Waals surface area contributed by atoms with Gasteiger partial charge in [-0.05, 0) is 37.3 Å². The Hall–Kier alpha value is -2.41. The van der Waals surface area contributed by atoms with Crippen LogP contribution in [-0.2, 0) is 4.79 Å². The Morgan fingerprint density at radius 1 is 1.23 bits per heavy atom. The van der Waals surface area contributed by atoms with Gasteiger partial charge in [-0.15, -0.1) is 0 Å². The molecule has 0 aliphatic rings. The maximum absolute atomic E-state index is 12.1. The maximum Gasteiger partial charge on any atom is 0.310 e. The van der Waals surface area contributed by atoms with Crippen molar-refractivity contribution < 1.29 is 14.5 Å². The third-order valence-electron chi connectivity index (χ3n) is 2.85. The molecule has 0 aliphatic carbocycles. The van der Waals surface area contributed by atoms with Gasteiger partial charge in [-0.3, -0.25) is 14.9 Å². The standard InChI is InChI=1S/C15H13BrN2O4/c1-10(15(19)17-12-8-6-11(16)7-9-12)22-14-5-3-2-4-13(14)18(20)21/h2-10H,1H3,(H,17,19)/t10-/m0/s1. The molecule has 0 saturated carbocycles. The van der Waals surface area contributed by atoms with Gasteiger partial charge in [0.1, 0.15) is 0 Å². The van der Waals surface area contributed by atoms with E-state index in [2.05, 4.69) is 21.2 Å². The average molecular weight is 365 g/mol. The minimum absolute atomic E-state index is 0.0611. The van der Waals surface area contributed by atoms with Crippen molar-refractivity contribution >= 4 is 33.2 Å². The lowest BCUT2D eigenvalue weighted by molar-refractivity contribution is -0.386. The van der Waals surface area contributed by atoms with Crippen molar-refractivity contribution in [3.05, 3.63) is 63.1 Å². The summed E-state index contributed by atoms with van der Waals surface area (Å²) in [6.45, 7) is 1.53. The number of carbonyl (C=O) groups excluding carboxylic acids is 1. The zero-order chi connectivity index (χ0) is 16.1. The summed E-state index contributed by atoms with van der Waals surface area (Å²) >= 11 is 3.31. The van der Waals surface area contributed by atoms with Gasteiger partial charge in [-0.2, -0.15) is 0 Å². The van der Waals surface area contributed by atoms with Crippen molar-refractivity contribution in [3.63, 3.8) is 0 Å². The van der Waals surface area contributed by atoms with Gasteiger partial charge in [0, 0.05) is 16.2 Å². The molecule has 0 fully saturated rings. The van der Waals surface area contributed by atoms with E-state index in [9.17, 15) is 14.9 Å². The number of nitro groups is 1. The lowest BCUT2D eigenvalue weighted by Crippen LogP contribution is -2.30. The fourth-order valence-corrected chi connectivity index (χ4v) is 1.99. The number of benzene rings is 2. The number of hydrogen-bond donors (Lipinski definition) is 1. The van der Waals surface area contributed by atoms with Crippen LogP contribution in [0.1, 0.15) is 6.92 Å². The number of nitrogens with zero attached hydrogens (tertiary/aromatic N) is 1. The average Bonchev–Trinajstić information content (AvgIpc) is 2.49. The quantitative estimate of drug-likeness (QED) is 0.646. The Bertz CT molecular complexity index is 688. The van der Waals surface area contributed by atoms with Crippen molar-refractivity contribution in [2.24, 2.45) is 0 Å². The molecule has 2 rings (SSSR count). The van der Waals surface area contributed by atoms with E-state index < -0.39 is 11.0 Å². The number of nitro benzene ring substituents is 1. The molecule has 6 nitrogen and oxygen atoms in total. The van der Waals surface area contributed by atoms with Crippen LogP contribution in [0.5, 0.6) is 5.75 Å². The third-order valence-corrected chi connectivity index (χ3v) is 3.38. The first kappa shape index (κ1) is 16.0. The van der Waals surface area contributed by atoms with Crippen molar-refractivity contribution in [2.75, 3.05) is 5.32 Å². The topological polar surface area (TPSA) is 81.5 Å². The van der Waals surface area contributed by atoms with Crippen LogP contribution in [0.15, 0.2) is 53.0 Å². The Morgan fingerprint density at radius 3 is 2.50 bits per heavy atom. The Balaban J connectivity index is 2.05. The van der Waals surface area contributed by atoms with Gasteiger partial charge < -0.3 is 10.1 Å². The summed E-state index contributed by atoms with van der Waals surface area (Å²) in [5.41, 5.74) is 0.442. The molecule has 2 aromatic rings. The highest BCUT2D eigenvalue weighted by molar-refractivity contribution is 9.10. The Labute approximate surface area is 135 Å². The number of nitrogens with one attached hydrogen (secondary N) is 1. The molecular formula is C15H13BrN2O4. The van der Waals surface area contributed by atoms with Crippen LogP contribution in [0.4, 0.5) is 11.4 Å². The minimum Gasteiger partial charge on any atom is -0.474 e. The van der Waals surface area contributed by atoms with E-state index in [1.54, 1.807) is 30.3 Å². The first-order valence-electron chi connectivity index (χ1n) is 6.44. The molecule has 7 heteroatoms.